The topological polar surface area (TPSA) is 72.9 Å². The summed E-state index contributed by atoms with van der Waals surface area (Å²) >= 11 is 0. The number of hydrogen-bond acceptors (Lipinski definition) is 3. The Morgan fingerprint density at radius 2 is 2.50 bits per heavy atom. The Hall–Kier alpha value is -1.36. The molecule has 1 rings (SSSR count). The predicted octanol–water partition coefficient (Wildman–Crippen LogP) is -0.132. The first-order chi connectivity index (χ1) is 6.74. The van der Waals surface area contributed by atoms with Crippen molar-refractivity contribution >= 4 is 5.91 Å². The van der Waals surface area contributed by atoms with E-state index in [1.54, 1.807) is 6.20 Å². The van der Waals surface area contributed by atoms with Crippen LogP contribution in [-0.2, 0) is 17.9 Å². The molecule has 0 fully saturated rings. The summed E-state index contributed by atoms with van der Waals surface area (Å²) in [5.41, 5.74) is 5.00. The Balaban J connectivity index is 2.41. The fraction of sp³-hybridized carbons (Fsp3) is 0.556. The lowest BCUT2D eigenvalue weighted by Crippen LogP contribution is -2.29. The number of carbonyl (C=O) groups excluding carboxylic acids is 1. The van der Waals surface area contributed by atoms with Crippen LogP contribution in [0.1, 0.15) is 19.2 Å². The highest BCUT2D eigenvalue weighted by atomic mass is 16.1. The molecule has 78 valence electrons. The third kappa shape index (κ3) is 3.18. The third-order valence-corrected chi connectivity index (χ3v) is 1.85. The lowest BCUT2D eigenvalue weighted by molar-refractivity contribution is -0.117. The van der Waals surface area contributed by atoms with Crippen molar-refractivity contribution in [1.29, 1.82) is 0 Å². The average Bonchev–Trinajstić information content (AvgIpc) is 2.53. The summed E-state index contributed by atoms with van der Waals surface area (Å²) in [5.74, 6) is 0.590. The molecule has 3 N–H and O–H groups in total. The van der Waals surface area contributed by atoms with Crippen molar-refractivity contribution in [1.82, 2.24) is 14.9 Å². The van der Waals surface area contributed by atoms with E-state index in [4.69, 9.17) is 5.73 Å². The van der Waals surface area contributed by atoms with E-state index in [2.05, 4.69) is 21.8 Å². The van der Waals surface area contributed by atoms with Gasteiger partial charge < -0.3 is 15.6 Å². The van der Waals surface area contributed by atoms with Gasteiger partial charge in [-0.15, -0.1) is 0 Å². The Kier molecular flexibility index (Phi) is 4.12. The molecular formula is C9H16N4O. The molecule has 0 aliphatic rings. The SMILES string of the molecule is CCCn1ccnc1CNCC(N)=O. The van der Waals surface area contributed by atoms with Gasteiger partial charge in [0, 0.05) is 18.9 Å². The first kappa shape index (κ1) is 10.7. The monoisotopic (exact) mass is 196 g/mol. The first-order valence-corrected chi connectivity index (χ1v) is 4.73. The van der Waals surface area contributed by atoms with Gasteiger partial charge in [0.15, 0.2) is 0 Å². The molecule has 0 aliphatic heterocycles. The van der Waals surface area contributed by atoms with E-state index in [9.17, 15) is 4.79 Å². The van der Waals surface area contributed by atoms with Crippen LogP contribution < -0.4 is 11.1 Å². The summed E-state index contributed by atoms with van der Waals surface area (Å²) in [7, 11) is 0. The number of primary amides is 1. The van der Waals surface area contributed by atoms with Crippen LogP contribution in [0, 0.1) is 0 Å². The highest BCUT2D eigenvalue weighted by molar-refractivity contribution is 5.75. The molecule has 0 radical (unpaired) electrons. The zero-order valence-corrected chi connectivity index (χ0v) is 8.36. The highest BCUT2D eigenvalue weighted by Crippen LogP contribution is 1.98. The number of hydrogen-bond donors (Lipinski definition) is 2. The van der Waals surface area contributed by atoms with Gasteiger partial charge in [0.25, 0.3) is 0 Å². The van der Waals surface area contributed by atoms with Crippen molar-refractivity contribution in [3.63, 3.8) is 0 Å². The fourth-order valence-electron chi connectivity index (χ4n) is 1.25. The maximum Gasteiger partial charge on any atom is 0.231 e. The molecule has 1 aromatic rings. The normalized spacial score (nSPS) is 10.4. The summed E-state index contributed by atoms with van der Waals surface area (Å²) in [6.07, 6.45) is 4.76. The number of aromatic nitrogens is 2. The van der Waals surface area contributed by atoms with Crippen LogP contribution in [0.5, 0.6) is 0 Å². The molecule has 0 bridgehead atoms. The summed E-state index contributed by atoms with van der Waals surface area (Å²) in [4.78, 5) is 14.7. The van der Waals surface area contributed by atoms with Crippen LogP contribution in [0.25, 0.3) is 0 Å². The van der Waals surface area contributed by atoms with Gasteiger partial charge in [-0.1, -0.05) is 6.92 Å². The maximum atomic E-state index is 10.5. The van der Waals surface area contributed by atoms with Gasteiger partial charge in [0.2, 0.25) is 5.91 Å². The van der Waals surface area contributed by atoms with E-state index in [0.717, 1.165) is 18.8 Å². The Labute approximate surface area is 83.3 Å². The van der Waals surface area contributed by atoms with Gasteiger partial charge in [-0.3, -0.25) is 4.79 Å². The second-order valence-electron chi connectivity index (χ2n) is 3.11. The molecule has 0 atom stereocenters. The molecule has 0 aliphatic carbocycles. The lowest BCUT2D eigenvalue weighted by Gasteiger charge is -2.06. The number of imidazole rings is 1. The smallest absolute Gasteiger partial charge is 0.231 e. The van der Waals surface area contributed by atoms with E-state index in [-0.39, 0.29) is 12.5 Å². The summed E-state index contributed by atoms with van der Waals surface area (Å²) in [5, 5.41) is 2.93. The highest BCUT2D eigenvalue weighted by Gasteiger charge is 2.01. The van der Waals surface area contributed by atoms with Crippen molar-refractivity contribution in [2.24, 2.45) is 5.73 Å². The molecular weight excluding hydrogens is 180 g/mol. The van der Waals surface area contributed by atoms with Gasteiger partial charge in [0.1, 0.15) is 5.82 Å². The predicted molar refractivity (Wildman–Crippen MR) is 53.4 cm³/mol. The third-order valence-electron chi connectivity index (χ3n) is 1.85. The molecule has 1 aromatic heterocycles. The molecule has 0 aromatic carbocycles. The molecule has 5 nitrogen and oxygen atoms in total. The summed E-state index contributed by atoms with van der Waals surface area (Å²) < 4.78 is 2.06. The zero-order chi connectivity index (χ0) is 10.4. The van der Waals surface area contributed by atoms with Gasteiger partial charge in [0.05, 0.1) is 13.1 Å². The molecule has 1 amide bonds. The Morgan fingerprint density at radius 3 is 3.14 bits per heavy atom. The van der Waals surface area contributed by atoms with Crippen LogP contribution in [0.4, 0.5) is 0 Å². The number of amides is 1. The van der Waals surface area contributed by atoms with Crippen LogP contribution in [0.15, 0.2) is 12.4 Å². The summed E-state index contributed by atoms with van der Waals surface area (Å²) in [6.45, 7) is 3.84. The minimum atomic E-state index is -0.349. The number of rotatable bonds is 6. The van der Waals surface area contributed by atoms with Crippen LogP contribution in [-0.4, -0.2) is 22.0 Å². The Bertz CT molecular complexity index is 295. The van der Waals surface area contributed by atoms with Gasteiger partial charge in [-0.05, 0) is 6.42 Å². The minimum Gasteiger partial charge on any atom is -0.369 e. The fourth-order valence-corrected chi connectivity index (χ4v) is 1.25. The zero-order valence-electron chi connectivity index (χ0n) is 8.36. The van der Waals surface area contributed by atoms with Crippen LogP contribution in [0.2, 0.25) is 0 Å². The lowest BCUT2D eigenvalue weighted by atomic mass is 10.4. The summed E-state index contributed by atoms with van der Waals surface area (Å²) in [6, 6.07) is 0. The molecule has 0 unspecified atom stereocenters. The van der Waals surface area contributed by atoms with E-state index in [1.807, 2.05) is 6.20 Å². The number of nitrogens with zero attached hydrogens (tertiary/aromatic N) is 2. The van der Waals surface area contributed by atoms with Crippen molar-refractivity contribution in [3.8, 4) is 0 Å². The molecule has 1 heterocycles. The standard InChI is InChI=1S/C9H16N4O/c1-2-4-13-5-3-12-9(13)7-11-6-8(10)14/h3,5,11H,2,4,6-7H2,1H3,(H2,10,14). The number of carbonyl (C=O) groups is 1. The number of nitrogens with one attached hydrogen (secondary N) is 1. The van der Waals surface area contributed by atoms with E-state index < -0.39 is 0 Å². The van der Waals surface area contributed by atoms with Crippen molar-refractivity contribution in [2.75, 3.05) is 6.54 Å². The van der Waals surface area contributed by atoms with Crippen LogP contribution in [0.3, 0.4) is 0 Å². The number of aryl methyl sites for hydroxylation is 1. The molecule has 5 heteroatoms. The Morgan fingerprint density at radius 1 is 1.71 bits per heavy atom. The quantitative estimate of drug-likeness (QED) is 0.665. The van der Waals surface area contributed by atoms with Crippen molar-refractivity contribution < 1.29 is 4.79 Å². The molecule has 0 spiro atoms. The van der Waals surface area contributed by atoms with E-state index >= 15 is 0 Å². The van der Waals surface area contributed by atoms with Gasteiger partial charge in [-0.2, -0.15) is 0 Å². The number of nitrogens with two attached hydrogens (primary N) is 1. The maximum absolute atomic E-state index is 10.5. The van der Waals surface area contributed by atoms with E-state index in [0.29, 0.717) is 6.54 Å². The van der Waals surface area contributed by atoms with Gasteiger partial charge >= 0.3 is 0 Å². The minimum absolute atomic E-state index is 0.193. The van der Waals surface area contributed by atoms with Crippen LogP contribution >= 0.6 is 0 Å². The molecule has 0 saturated carbocycles. The van der Waals surface area contributed by atoms with Gasteiger partial charge in [-0.25, -0.2) is 4.98 Å². The molecule has 14 heavy (non-hydrogen) atoms. The van der Waals surface area contributed by atoms with E-state index in [1.165, 1.54) is 0 Å². The second kappa shape index (κ2) is 5.39. The first-order valence-electron chi connectivity index (χ1n) is 4.73. The largest absolute Gasteiger partial charge is 0.369 e. The second-order valence-corrected chi connectivity index (χ2v) is 3.11. The van der Waals surface area contributed by atoms with Crippen molar-refractivity contribution in [2.45, 2.75) is 26.4 Å². The van der Waals surface area contributed by atoms with Crippen molar-refractivity contribution in [3.05, 3.63) is 18.2 Å². The molecule has 0 saturated heterocycles. The average molecular weight is 196 g/mol.